The van der Waals surface area contributed by atoms with Crippen LogP contribution in [-0.4, -0.2) is 84.8 Å². The molecule has 2 amide bonds. The van der Waals surface area contributed by atoms with Crippen LogP contribution in [0.4, 0.5) is 0 Å². The molecule has 4 rings (SSSR count). The molecular formula is C22H31N3O5. The fraction of sp³-hybridized carbons (Fsp3) is 0.636. The van der Waals surface area contributed by atoms with Crippen molar-refractivity contribution < 1.29 is 24.2 Å². The van der Waals surface area contributed by atoms with E-state index in [0.717, 1.165) is 12.8 Å². The number of hydrogen-bond donors (Lipinski definition) is 2. The van der Waals surface area contributed by atoms with Crippen molar-refractivity contribution in [2.75, 3.05) is 39.9 Å². The lowest BCUT2D eigenvalue weighted by Gasteiger charge is -2.32. The van der Waals surface area contributed by atoms with Gasteiger partial charge in [0.2, 0.25) is 5.91 Å². The van der Waals surface area contributed by atoms with Crippen molar-refractivity contribution in [2.45, 2.75) is 50.3 Å². The molecule has 1 aromatic carbocycles. The van der Waals surface area contributed by atoms with Crippen LogP contribution in [0.5, 0.6) is 11.5 Å². The van der Waals surface area contributed by atoms with Gasteiger partial charge in [0.15, 0.2) is 11.5 Å². The van der Waals surface area contributed by atoms with Crippen molar-refractivity contribution in [1.29, 1.82) is 0 Å². The van der Waals surface area contributed by atoms with Crippen molar-refractivity contribution in [3.8, 4) is 11.5 Å². The molecule has 0 aliphatic carbocycles. The lowest BCUT2D eigenvalue weighted by atomic mass is 10.1. The second-order valence-corrected chi connectivity index (χ2v) is 8.41. The highest BCUT2D eigenvalue weighted by Crippen LogP contribution is 2.33. The van der Waals surface area contributed by atoms with Crippen LogP contribution in [0.1, 0.15) is 42.5 Å². The van der Waals surface area contributed by atoms with Crippen molar-refractivity contribution in [1.82, 2.24) is 15.1 Å². The van der Waals surface area contributed by atoms with Crippen LogP contribution in [0.25, 0.3) is 0 Å². The van der Waals surface area contributed by atoms with Crippen LogP contribution in [0.2, 0.25) is 0 Å². The molecule has 0 unspecified atom stereocenters. The average molecular weight is 418 g/mol. The predicted octanol–water partition coefficient (Wildman–Crippen LogP) is 1.02. The molecule has 2 N–H and O–H groups in total. The molecule has 2 saturated heterocycles. The monoisotopic (exact) mass is 417 g/mol. The van der Waals surface area contributed by atoms with E-state index >= 15 is 0 Å². The molecule has 2 atom stereocenters. The van der Waals surface area contributed by atoms with Crippen molar-refractivity contribution >= 4 is 11.8 Å². The molecule has 3 heterocycles. The third kappa shape index (κ3) is 4.54. The molecule has 0 spiro atoms. The number of para-hydroxylation sites is 1. The molecule has 2 fully saturated rings. The molecular weight excluding hydrogens is 386 g/mol. The summed E-state index contributed by atoms with van der Waals surface area (Å²) in [6.07, 6.45) is 3.44. The lowest BCUT2D eigenvalue weighted by molar-refractivity contribution is -0.134. The van der Waals surface area contributed by atoms with E-state index in [4.69, 9.17) is 9.47 Å². The van der Waals surface area contributed by atoms with Crippen LogP contribution >= 0.6 is 0 Å². The first-order valence-electron chi connectivity index (χ1n) is 10.9. The smallest absolute Gasteiger partial charge is 0.255 e. The SMILES string of the molecule is CN1[C@@H](CC(=O)N2CCC(O)CC2)CC[C@H]1CNC(=O)c1cccc2c1OCCO2. The first kappa shape index (κ1) is 20.9. The Bertz CT molecular complexity index is 778. The molecule has 0 bridgehead atoms. The van der Waals surface area contributed by atoms with Gasteiger partial charge in [-0.25, -0.2) is 0 Å². The van der Waals surface area contributed by atoms with E-state index in [1.807, 2.05) is 11.9 Å². The molecule has 164 valence electrons. The van der Waals surface area contributed by atoms with E-state index in [1.165, 1.54) is 0 Å². The van der Waals surface area contributed by atoms with Gasteiger partial charge in [-0.3, -0.25) is 14.5 Å². The van der Waals surface area contributed by atoms with E-state index < -0.39 is 0 Å². The van der Waals surface area contributed by atoms with E-state index in [1.54, 1.807) is 18.2 Å². The van der Waals surface area contributed by atoms with Gasteiger partial charge in [0.1, 0.15) is 13.2 Å². The van der Waals surface area contributed by atoms with Crippen molar-refractivity contribution in [3.05, 3.63) is 23.8 Å². The highest BCUT2D eigenvalue weighted by atomic mass is 16.6. The summed E-state index contributed by atoms with van der Waals surface area (Å²) in [7, 11) is 2.03. The third-order valence-corrected chi connectivity index (χ3v) is 6.52. The second kappa shape index (κ2) is 9.22. The molecule has 8 nitrogen and oxygen atoms in total. The third-order valence-electron chi connectivity index (χ3n) is 6.52. The van der Waals surface area contributed by atoms with Gasteiger partial charge in [0.05, 0.1) is 11.7 Å². The number of carbonyl (C=O) groups excluding carboxylic acids is 2. The lowest BCUT2D eigenvalue weighted by Crippen LogP contribution is -2.45. The van der Waals surface area contributed by atoms with Gasteiger partial charge >= 0.3 is 0 Å². The maximum Gasteiger partial charge on any atom is 0.255 e. The number of amides is 2. The van der Waals surface area contributed by atoms with E-state index in [9.17, 15) is 14.7 Å². The summed E-state index contributed by atoms with van der Waals surface area (Å²) in [5, 5.41) is 12.7. The summed E-state index contributed by atoms with van der Waals surface area (Å²) in [4.78, 5) is 29.4. The molecule has 0 radical (unpaired) electrons. The Labute approximate surface area is 177 Å². The number of fused-ring (bicyclic) bond motifs is 1. The minimum absolute atomic E-state index is 0.163. The van der Waals surface area contributed by atoms with E-state index in [-0.39, 0.29) is 30.0 Å². The van der Waals surface area contributed by atoms with Crippen LogP contribution < -0.4 is 14.8 Å². The highest BCUT2D eigenvalue weighted by molar-refractivity contribution is 5.97. The highest BCUT2D eigenvalue weighted by Gasteiger charge is 2.34. The van der Waals surface area contributed by atoms with Gasteiger partial charge in [-0.15, -0.1) is 0 Å². The summed E-state index contributed by atoms with van der Waals surface area (Å²) in [6, 6.07) is 5.74. The molecule has 8 heteroatoms. The number of carbonyl (C=O) groups is 2. The average Bonchev–Trinajstić information content (AvgIpc) is 3.11. The van der Waals surface area contributed by atoms with Crippen molar-refractivity contribution in [2.24, 2.45) is 0 Å². The number of ether oxygens (including phenoxy) is 2. The zero-order chi connectivity index (χ0) is 21.1. The molecule has 3 aliphatic heterocycles. The Morgan fingerprint density at radius 3 is 2.63 bits per heavy atom. The van der Waals surface area contributed by atoms with Gasteiger partial charge in [-0.2, -0.15) is 0 Å². The van der Waals surface area contributed by atoms with Gasteiger partial charge in [-0.05, 0) is 44.9 Å². The summed E-state index contributed by atoms with van der Waals surface area (Å²) < 4.78 is 11.2. The quantitative estimate of drug-likeness (QED) is 0.744. The molecule has 30 heavy (non-hydrogen) atoms. The van der Waals surface area contributed by atoms with E-state index in [0.29, 0.717) is 69.2 Å². The normalized spacial score (nSPS) is 24.7. The largest absolute Gasteiger partial charge is 0.486 e. The Hall–Kier alpha value is -2.32. The topological polar surface area (TPSA) is 91.3 Å². The summed E-state index contributed by atoms with van der Waals surface area (Å²) in [6.45, 7) is 2.74. The molecule has 0 aromatic heterocycles. The van der Waals surface area contributed by atoms with Crippen LogP contribution in [0, 0.1) is 0 Å². The van der Waals surface area contributed by atoms with Crippen LogP contribution in [0.15, 0.2) is 18.2 Å². The fourth-order valence-electron chi connectivity index (χ4n) is 4.59. The van der Waals surface area contributed by atoms with Gasteiger partial charge in [-0.1, -0.05) is 6.07 Å². The Balaban J connectivity index is 1.28. The molecule has 0 saturated carbocycles. The number of aliphatic hydroxyl groups excluding tert-OH is 1. The number of aliphatic hydroxyl groups is 1. The fourth-order valence-corrected chi connectivity index (χ4v) is 4.59. The Morgan fingerprint density at radius 2 is 1.83 bits per heavy atom. The second-order valence-electron chi connectivity index (χ2n) is 8.41. The number of nitrogens with one attached hydrogen (secondary N) is 1. The van der Waals surface area contributed by atoms with E-state index in [2.05, 4.69) is 10.2 Å². The number of benzene rings is 1. The maximum atomic E-state index is 12.7. The molecule has 1 aromatic rings. The first-order valence-corrected chi connectivity index (χ1v) is 10.9. The predicted molar refractivity (Wildman–Crippen MR) is 111 cm³/mol. The molecule has 3 aliphatic rings. The number of likely N-dealkylation sites (tertiary alicyclic amines) is 2. The Morgan fingerprint density at radius 1 is 1.10 bits per heavy atom. The van der Waals surface area contributed by atoms with Crippen molar-refractivity contribution in [3.63, 3.8) is 0 Å². The first-order chi connectivity index (χ1) is 14.5. The van der Waals surface area contributed by atoms with Gasteiger partial charge in [0.25, 0.3) is 5.91 Å². The summed E-state index contributed by atoms with van der Waals surface area (Å²) in [5.41, 5.74) is 0.492. The van der Waals surface area contributed by atoms with Crippen LogP contribution in [-0.2, 0) is 4.79 Å². The number of piperidine rings is 1. The maximum absolute atomic E-state index is 12.7. The minimum Gasteiger partial charge on any atom is -0.486 e. The summed E-state index contributed by atoms with van der Waals surface area (Å²) in [5.74, 6) is 1.11. The zero-order valence-electron chi connectivity index (χ0n) is 17.5. The summed E-state index contributed by atoms with van der Waals surface area (Å²) >= 11 is 0. The van der Waals surface area contributed by atoms with Crippen LogP contribution in [0.3, 0.4) is 0 Å². The zero-order valence-corrected chi connectivity index (χ0v) is 17.5. The number of hydrogen-bond acceptors (Lipinski definition) is 6. The number of likely N-dealkylation sites (N-methyl/N-ethyl adjacent to an activating group) is 1. The number of nitrogens with zero attached hydrogens (tertiary/aromatic N) is 2. The Kier molecular flexibility index (Phi) is 6.43. The number of rotatable bonds is 5. The minimum atomic E-state index is -0.275. The van der Waals surface area contributed by atoms with Gasteiger partial charge < -0.3 is 24.8 Å². The van der Waals surface area contributed by atoms with Gasteiger partial charge in [0, 0.05) is 38.1 Å². The standard InChI is InChI=1S/C22H31N3O5/c1-24-15(13-20(27)25-9-7-17(26)8-10-25)5-6-16(24)14-23-22(28)18-3-2-4-19-21(18)30-12-11-29-19/h2-4,15-17,26H,5-14H2,1H3,(H,23,28)/t15-,16+/m1/s1.